The molecule has 1 heterocycles. The molecule has 0 aromatic carbocycles. The van der Waals surface area contributed by atoms with E-state index in [0.717, 1.165) is 56.3 Å². The molecule has 1 rings (SSSR count). The lowest BCUT2D eigenvalue weighted by atomic mass is 9.99. The lowest BCUT2D eigenvalue weighted by Gasteiger charge is -2.21. The topological polar surface area (TPSA) is 65.7 Å². The van der Waals surface area contributed by atoms with Crippen LogP contribution in [0.15, 0.2) is 15.6 Å². The van der Waals surface area contributed by atoms with Crippen LogP contribution in [0, 0.1) is 0 Å². The first-order chi connectivity index (χ1) is 12.6. The number of halogens is 1. The largest absolute Gasteiger partial charge is 0.359 e. The van der Waals surface area contributed by atoms with E-state index in [1.54, 1.807) is 7.05 Å². The highest BCUT2D eigenvalue weighted by Crippen LogP contribution is 2.22. The summed E-state index contributed by atoms with van der Waals surface area (Å²) < 4.78 is 5.46. The SMILES string of the molecule is CCC(CC)c1cc(CNC(=NC)NC(C)CCCN(CC)CC)on1.I. The molecule has 0 aliphatic heterocycles. The minimum atomic E-state index is 0. The predicted molar refractivity (Wildman–Crippen MR) is 125 cm³/mol. The van der Waals surface area contributed by atoms with Gasteiger partial charge in [-0.3, -0.25) is 4.99 Å². The summed E-state index contributed by atoms with van der Waals surface area (Å²) in [6.45, 7) is 15.0. The molecular weight excluding hydrogens is 453 g/mol. The zero-order valence-corrected chi connectivity index (χ0v) is 20.4. The molecule has 0 aliphatic rings. The summed E-state index contributed by atoms with van der Waals surface area (Å²) in [7, 11) is 1.80. The molecule has 0 spiro atoms. The number of guanidine groups is 1. The highest BCUT2D eigenvalue weighted by atomic mass is 127. The van der Waals surface area contributed by atoms with Crippen molar-refractivity contribution < 1.29 is 4.52 Å². The number of aliphatic imine (C=N–C) groups is 1. The molecule has 158 valence electrons. The molecule has 7 heteroatoms. The standard InChI is InChI=1S/C20H39N5O.HI/c1-7-17(8-2)19-14-18(26-24-19)15-22-20(21-6)23-16(5)12-11-13-25(9-3)10-4;/h14,16-17H,7-13,15H2,1-6H3,(H2,21,22,23);1H. The number of aromatic nitrogens is 1. The van der Waals surface area contributed by atoms with E-state index in [1.807, 2.05) is 0 Å². The first-order valence-corrected chi connectivity index (χ1v) is 10.2. The molecule has 0 bridgehead atoms. The molecule has 0 fully saturated rings. The lowest BCUT2D eigenvalue weighted by Crippen LogP contribution is -2.42. The summed E-state index contributed by atoms with van der Waals surface area (Å²) in [5.74, 6) is 2.14. The van der Waals surface area contributed by atoms with E-state index in [4.69, 9.17) is 4.52 Å². The molecule has 0 saturated heterocycles. The maximum Gasteiger partial charge on any atom is 0.191 e. The van der Waals surface area contributed by atoms with Crippen molar-refractivity contribution in [2.75, 3.05) is 26.7 Å². The smallest absolute Gasteiger partial charge is 0.191 e. The Kier molecular flexibility index (Phi) is 14.7. The van der Waals surface area contributed by atoms with Gasteiger partial charge in [-0.1, -0.05) is 32.9 Å². The first-order valence-electron chi connectivity index (χ1n) is 10.2. The first kappa shape index (κ1) is 26.2. The summed E-state index contributed by atoms with van der Waals surface area (Å²) in [5, 5.41) is 11.0. The predicted octanol–water partition coefficient (Wildman–Crippen LogP) is 4.37. The van der Waals surface area contributed by atoms with Gasteiger partial charge in [0.25, 0.3) is 0 Å². The second-order valence-corrected chi connectivity index (χ2v) is 6.87. The maximum atomic E-state index is 5.46. The fourth-order valence-corrected chi connectivity index (χ4v) is 3.14. The highest BCUT2D eigenvalue weighted by Gasteiger charge is 2.13. The van der Waals surface area contributed by atoms with Crippen LogP contribution in [0.25, 0.3) is 0 Å². The van der Waals surface area contributed by atoms with Crippen LogP contribution in [-0.2, 0) is 6.54 Å². The van der Waals surface area contributed by atoms with Crippen molar-refractivity contribution in [1.82, 2.24) is 20.7 Å². The van der Waals surface area contributed by atoms with Gasteiger partial charge in [-0.05, 0) is 52.2 Å². The van der Waals surface area contributed by atoms with E-state index < -0.39 is 0 Å². The Morgan fingerprint density at radius 3 is 2.44 bits per heavy atom. The monoisotopic (exact) mass is 493 g/mol. The average molecular weight is 493 g/mol. The van der Waals surface area contributed by atoms with Gasteiger partial charge >= 0.3 is 0 Å². The minimum absolute atomic E-state index is 0. The van der Waals surface area contributed by atoms with Gasteiger partial charge in [0, 0.05) is 25.1 Å². The third kappa shape index (κ3) is 9.78. The number of rotatable bonds is 12. The zero-order valence-electron chi connectivity index (χ0n) is 18.0. The number of hydrogen-bond donors (Lipinski definition) is 2. The van der Waals surface area contributed by atoms with Crippen molar-refractivity contribution in [3.63, 3.8) is 0 Å². The van der Waals surface area contributed by atoms with Crippen LogP contribution in [0.3, 0.4) is 0 Å². The summed E-state index contributed by atoms with van der Waals surface area (Å²) in [6.07, 6.45) is 4.49. The number of hydrogen-bond acceptors (Lipinski definition) is 4. The van der Waals surface area contributed by atoms with E-state index in [1.165, 1.54) is 6.42 Å². The Morgan fingerprint density at radius 2 is 1.89 bits per heavy atom. The van der Waals surface area contributed by atoms with Crippen LogP contribution < -0.4 is 10.6 Å². The third-order valence-electron chi connectivity index (χ3n) is 5.02. The second-order valence-electron chi connectivity index (χ2n) is 6.87. The fraction of sp³-hybridized carbons (Fsp3) is 0.800. The zero-order chi connectivity index (χ0) is 19.4. The Hall–Kier alpha value is -0.830. The van der Waals surface area contributed by atoms with E-state index >= 15 is 0 Å². The van der Waals surface area contributed by atoms with Gasteiger partial charge < -0.3 is 20.1 Å². The van der Waals surface area contributed by atoms with Crippen molar-refractivity contribution >= 4 is 29.9 Å². The summed E-state index contributed by atoms with van der Waals surface area (Å²) >= 11 is 0. The normalized spacial score (nSPS) is 13.0. The van der Waals surface area contributed by atoms with Crippen molar-refractivity contribution in [1.29, 1.82) is 0 Å². The third-order valence-corrected chi connectivity index (χ3v) is 5.02. The van der Waals surface area contributed by atoms with Crippen LogP contribution in [-0.4, -0.2) is 48.7 Å². The molecule has 0 aliphatic carbocycles. The van der Waals surface area contributed by atoms with Crippen LogP contribution in [0.1, 0.15) is 77.7 Å². The Bertz CT molecular complexity index is 512. The Balaban J connectivity index is 0.00000676. The van der Waals surface area contributed by atoms with Gasteiger partial charge in [-0.2, -0.15) is 0 Å². The van der Waals surface area contributed by atoms with Crippen molar-refractivity contribution in [2.45, 2.75) is 78.8 Å². The lowest BCUT2D eigenvalue weighted by molar-refractivity contribution is 0.292. The molecule has 1 unspecified atom stereocenters. The van der Waals surface area contributed by atoms with E-state index in [0.29, 0.717) is 18.5 Å². The molecule has 0 saturated carbocycles. The quantitative estimate of drug-likeness (QED) is 0.257. The van der Waals surface area contributed by atoms with Crippen LogP contribution in [0.4, 0.5) is 0 Å². The second kappa shape index (κ2) is 15.1. The molecule has 27 heavy (non-hydrogen) atoms. The highest BCUT2D eigenvalue weighted by molar-refractivity contribution is 14.0. The van der Waals surface area contributed by atoms with E-state index in [-0.39, 0.29) is 24.0 Å². The molecule has 0 radical (unpaired) electrons. The minimum Gasteiger partial charge on any atom is -0.359 e. The van der Waals surface area contributed by atoms with E-state index in [2.05, 4.69) is 66.4 Å². The number of nitrogens with one attached hydrogen (secondary N) is 2. The van der Waals surface area contributed by atoms with E-state index in [9.17, 15) is 0 Å². The van der Waals surface area contributed by atoms with Crippen LogP contribution in [0.5, 0.6) is 0 Å². The van der Waals surface area contributed by atoms with Crippen molar-refractivity contribution in [3.05, 3.63) is 17.5 Å². The Morgan fingerprint density at radius 1 is 1.22 bits per heavy atom. The molecular formula is C20H40IN5O. The van der Waals surface area contributed by atoms with Gasteiger partial charge in [-0.15, -0.1) is 24.0 Å². The number of nitrogens with zero attached hydrogens (tertiary/aromatic N) is 3. The molecule has 6 nitrogen and oxygen atoms in total. The molecule has 1 aromatic heterocycles. The fourth-order valence-electron chi connectivity index (χ4n) is 3.14. The van der Waals surface area contributed by atoms with Crippen LogP contribution in [0.2, 0.25) is 0 Å². The van der Waals surface area contributed by atoms with Gasteiger partial charge in [0.15, 0.2) is 11.7 Å². The summed E-state index contributed by atoms with van der Waals surface area (Å²) in [4.78, 5) is 6.77. The van der Waals surface area contributed by atoms with Gasteiger partial charge in [0.05, 0.1) is 12.2 Å². The maximum absolute atomic E-state index is 5.46. The average Bonchev–Trinajstić information content (AvgIpc) is 3.12. The molecule has 1 aromatic rings. The molecule has 1 atom stereocenters. The van der Waals surface area contributed by atoms with Gasteiger partial charge in [0.2, 0.25) is 0 Å². The van der Waals surface area contributed by atoms with Crippen molar-refractivity contribution in [3.8, 4) is 0 Å². The summed E-state index contributed by atoms with van der Waals surface area (Å²) in [5.41, 5.74) is 1.06. The Labute approximate surface area is 182 Å². The van der Waals surface area contributed by atoms with Crippen molar-refractivity contribution in [2.24, 2.45) is 4.99 Å². The van der Waals surface area contributed by atoms with Gasteiger partial charge in [-0.25, -0.2) is 0 Å². The molecule has 2 N–H and O–H groups in total. The van der Waals surface area contributed by atoms with Gasteiger partial charge in [0.1, 0.15) is 0 Å². The summed E-state index contributed by atoms with van der Waals surface area (Å²) in [6, 6.07) is 2.44. The van der Waals surface area contributed by atoms with Crippen LogP contribution >= 0.6 is 24.0 Å². The molecule has 0 amide bonds.